The van der Waals surface area contributed by atoms with E-state index in [1.807, 2.05) is 28.1 Å². The molecule has 2 atom stereocenters. The van der Waals surface area contributed by atoms with Gasteiger partial charge in [0.15, 0.2) is 5.78 Å². The van der Waals surface area contributed by atoms with Crippen LogP contribution in [0.4, 0.5) is 0 Å². The Morgan fingerprint density at radius 3 is 1.48 bits per heavy atom. The molecule has 0 saturated heterocycles. The Morgan fingerprint density at radius 1 is 0.697 bits per heavy atom. The molecule has 0 fully saturated rings. The molecule has 0 aliphatic rings. The van der Waals surface area contributed by atoms with E-state index in [0.717, 1.165) is 25.7 Å². The maximum Gasteiger partial charge on any atom is 0.385 e. The van der Waals surface area contributed by atoms with Crippen molar-refractivity contribution in [3.63, 3.8) is 0 Å². The number of nitrogens with zero attached hydrogens (tertiary/aromatic N) is 1. The lowest BCUT2D eigenvalue weighted by Gasteiger charge is -2.35. The SMILES string of the molecule is CCCCCCCCCCCCCCC=CCCCCCCOP(=O)(O)C(CC)[N+](C)(C)C. The zero-order valence-electron chi connectivity index (χ0n) is 23.0. The van der Waals surface area contributed by atoms with Gasteiger partial charge in [-0.2, -0.15) is 0 Å². The van der Waals surface area contributed by atoms with E-state index in [9.17, 15) is 9.46 Å². The van der Waals surface area contributed by atoms with Crippen molar-refractivity contribution in [3.8, 4) is 0 Å². The molecule has 33 heavy (non-hydrogen) atoms. The standard InChI is InChI=1S/C28H58NO3P/c1-6-8-9-10-11-12-13-14-15-16-17-18-19-20-21-22-23-24-25-26-27-32-33(30,31)28(7-2)29(3,4)5/h20-21,28H,6-19,22-27H2,1-5H3/p+1. The second kappa shape index (κ2) is 21.2. The molecule has 0 amide bonds. The van der Waals surface area contributed by atoms with Crippen LogP contribution in [0.3, 0.4) is 0 Å². The van der Waals surface area contributed by atoms with Crippen LogP contribution in [-0.4, -0.2) is 42.9 Å². The zero-order valence-corrected chi connectivity index (χ0v) is 23.9. The predicted octanol–water partition coefficient (Wildman–Crippen LogP) is 9.23. The van der Waals surface area contributed by atoms with Gasteiger partial charge in [-0.3, -0.25) is 4.57 Å². The van der Waals surface area contributed by atoms with Crippen LogP contribution in [0.25, 0.3) is 0 Å². The summed E-state index contributed by atoms with van der Waals surface area (Å²) in [5, 5.41) is 0. The van der Waals surface area contributed by atoms with Crippen LogP contribution < -0.4 is 0 Å². The van der Waals surface area contributed by atoms with E-state index in [0.29, 0.717) is 17.5 Å². The number of rotatable bonds is 24. The Morgan fingerprint density at radius 2 is 1.09 bits per heavy atom. The minimum absolute atomic E-state index is 0.354. The molecule has 0 aliphatic carbocycles. The first-order chi connectivity index (χ1) is 15.8. The van der Waals surface area contributed by atoms with Gasteiger partial charge in [0.25, 0.3) is 0 Å². The normalized spacial score (nSPS) is 15.2. The number of allylic oxidation sites excluding steroid dienone is 2. The van der Waals surface area contributed by atoms with E-state index in [4.69, 9.17) is 4.52 Å². The van der Waals surface area contributed by atoms with Gasteiger partial charge in [0.1, 0.15) is 0 Å². The highest BCUT2D eigenvalue weighted by Crippen LogP contribution is 2.51. The number of hydrogen-bond acceptors (Lipinski definition) is 2. The molecule has 1 N–H and O–H groups in total. The molecule has 5 heteroatoms. The summed E-state index contributed by atoms with van der Waals surface area (Å²) >= 11 is 0. The molecule has 0 aliphatic heterocycles. The second-order valence-corrected chi connectivity index (χ2v) is 12.7. The second-order valence-electron chi connectivity index (χ2n) is 10.8. The molecule has 2 unspecified atom stereocenters. The first-order valence-electron chi connectivity index (χ1n) is 14.2. The highest BCUT2D eigenvalue weighted by atomic mass is 31.2. The van der Waals surface area contributed by atoms with Crippen molar-refractivity contribution >= 4 is 7.60 Å². The van der Waals surface area contributed by atoms with Crippen LogP contribution >= 0.6 is 7.60 Å². The van der Waals surface area contributed by atoms with Crippen molar-refractivity contribution in [1.82, 2.24) is 0 Å². The first kappa shape index (κ1) is 32.8. The molecule has 0 saturated carbocycles. The third-order valence-electron chi connectivity index (χ3n) is 6.57. The largest absolute Gasteiger partial charge is 0.385 e. The summed E-state index contributed by atoms with van der Waals surface area (Å²) in [7, 11) is 2.29. The molecule has 0 rings (SSSR count). The zero-order chi connectivity index (χ0) is 24.8. The van der Waals surface area contributed by atoms with Crippen LogP contribution in [0, 0.1) is 0 Å². The minimum atomic E-state index is -3.56. The van der Waals surface area contributed by atoms with Crippen LogP contribution in [-0.2, 0) is 9.09 Å². The van der Waals surface area contributed by atoms with E-state index in [-0.39, 0.29) is 5.78 Å². The van der Waals surface area contributed by atoms with Crippen molar-refractivity contribution in [2.45, 2.75) is 142 Å². The Labute approximate surface area is 207 Å². The van der Waals surface area contributed by atoms with E-state index >= 15 is 0 Å². The quantitative estimate of drug-likeness (QED) is 0.0637. The molecule has 0 spiro atoms. The molecule has 0 aromatic heterocycles. The summed E-state index contributed by atoms with van der Waals surface area (Å²) in [5.41, 5.74) is 0. The smallest absolute Gasteiger partial charge is 0.320 e. The van der Waals surface area contributed by atoms with E-state index in [1.54, 1.807) is 0 Å². The van der Waals surface area contributed by atoms with Crippen LogP contribution in [0.2, 0.25) is 0 Å². The van der Waals surface area contributed by atoms with Gasteiger partial charge < -0.3 is 13.9 Å². The molecule has 0 aromatic rings. The van der Waals surface area contributed by atoms with E-state index in [1.165, 1.54) is 89.9 Å². The Kier molecular flexibility index (Phi) is 21.1. The van der Waals surface area contributed by atoms with Crippen LogP contribution in [0.5, 0.6) is 0 Å². The number of hydrogen-bond donors (Lipinski definition) is 1. The summed E-state index contributed by atoms with van der Waals surface area (Å²) in [4.78, 5) is 10.3. The third-order valence-corrected chi connectivity index (χ3v) is 8.93. The summed E-state index contributed by atoms with van der Waals surface area (Å²) in [5.74, 6) is -0.354. The molecular weight excluding hydrogens is 429 g/mol. The van der Waals surface area contributed by atoms with E-state index < -0.39 is 7.60 Å². The van der Waals surface area contributed by atoms with Crippen molar-refractivity contribution in [2.75, 3.05) is 27.7 Å². The lowest BCUT2D eigenvalue weighted by molar-refractivity contribution is -0.883. The predicted molar refractivity (Wildman–Crippen MR) is 146 cm³/mol. The van der Waals surface area contributed by atoms with Crippen molar-refractivity contribution in [1.29, 1.82) is 0 Å². The molecule has 0 aromatic carbocycles. The van der Waals surface area contributed by atoms with Crippen molar-refractivity contribution in [2.24, 2.45) is 0 Å². The molecule has 0 heterocycles. The fourth-order valence-corrected chi connectivity index (χ4v) is 6.45. The summed E-state index contributed by atoms with van der Waals surface area (Å²) < 4.78 is 18.4. The Balaban J connectivity index is 3.45. The highest BCUT2D eigenvalue weighted by molar-refractivity contribution is 7.53. The molecule has 0 bridgehead atoms. The van der Waals surface area contributed by atoms with Gasteiger partial charge in [0, 0.05) is 6.42 Å². The van der Waals surface area contributed by atoms with Crippen LogP contribution in [0.1, 0.15) is 136 Å². The fourth-order valence-electron chi connectivity index (χ4n) is 4.55. The molecule has 198 valence electrons. The monoisotopic (exact) mass is 488 g/mol. The van der Waals surface area contributed by atoms with Crippen molar-refractivity contribution < 1.29 is 18.5 Å². The van der Waals surface area contributed by atoms with Crippen LogP contribution in [0.15, 0.2) is 12.2 Å². The maximum absolute atomic E-state index is 12.5. The molecule has 0 radical (unpaired) electrons. The molecule has 4 nitrogen and oxygen atoms in total. The average molecular weight is 489 g/mol. The third kappa shape index (κ3) is 19.8. The average Bonchev–Trinajstić information content (AvgIpc) is 2.74. The van der Waals surface area contributed by atoms with Gasteiger partial charge in [-0.05, 0) is 32.1 Å². The Hall–Kier alpha value is -0.150. The summed E-state index contributed by atoms with van der Waals surface area (Å²) in [6, 6.07) is 0. The van der Waals surface area contributed by atoms with Gasteiger partial charge >= 0.3 is 7.60 Å². The number of quaternary nitrogens is 1. The topological polar surface area (TPSA) is 46.5 Å². The maximum atomic E-state index is 12.5. The highest BCUT2D eigenvalue weighted by Gasteiger charge is 2.41. The van der Waals surface area contributed by atoms with Gasteiger partial charge in [-0.15, -0.1) is 0 Å². The fraction of sp³-hybridized carbons (Fsp3) is 0.929. The Bertz CT molecular complexity index is 502. The minimum Gasteiger partial charge on any atom is -0.320 e. The van der Waals surface area contributed by atoms with Gasteiger partial charge in [0.2, 0.25) is 0 Å². The number of unbranched alkanes of at least 4 members (excludes halogenated alkanes) is 16. The van der Waals surface area contributed by atoms with Gasteiger partial charge in [-0.25, -0.2) is 0 Å². The lowest BCUT2D eigenvalue weighted by Crippen LogP contribution is -2.44. The van der Waals surface area contributed by atoms with Crippen molar-refractivity contribution in [3.05, 3.63) is 12.2 Å². The van der Waals surface area contributed by atoms with Gasteiger partial charge in [0.05, 0.1) is 27.7 Å². The first-order valence-corrected chi connectivity index (χ1v) is 15.8. The van der Waals surface area contributed by atoms with E-state index in [2.05, 4.69) is 19.1 Å². The lowest BCUT2D eigenvalue weighted by atomic mass is 10.0. The molecular formula is C28H59NO3P+. The summed E-state index contributed by atoms with van der Waals surface area (Å²) in [6.07, 6.45) is 28.9. The van der Waals surface area contributed by atoms with Gasteiger partial charge in [-0.1, -0.05) is 109 Å². The summed E-state index contributed by atoms with van der Waals surface area (Å²) in [6.45, 7) is 4.62.